The van der Waals surface area contributed by atoms with Crippen LogP contribution >= 0.6 is 15.9 Å². The fourth-order valence-electron chi connectivity index (χ4n) is 1.81. The summed E-state index contributed by atoms with van der Waals surface area (Å²) in [5.41, 5.74) is 2.07. The summed E-state index contributed by atoms with van der Waals surface area (Å²) < 4.78 is 18.5. The lowest BCUT2D eigenvalue weighted by molar-refractivity contribution is 0.102. The van der Waals surface area contributed by atoms with E-state index in [1.54, 1.807) is 19.1 Å². The summed E-state index contributed by atoms with van der Waals surface area (Å²) >= 11 is 3.35. The maximum atomic E-state index is 13.2. The van der Waals surface area contributed by atoms with E-state index in [9.17, 15) is 9.18 Å². The highest BCUT2D eigenvalue weighted by Crippen LogP contribution is 2.26. The second kappa shape index (κ2) is 7.22. The molecule has 0 radical (unpaired) electrons. The number of carbonyl (C=O) groups excluding carboxylic acids is 1. The van der Waals surface area contributed by atoms with Gasteiger partial charge >= 0.3 is 0 Å². The summed E-state index contributed by atoms with van der Waals surface area (Å²) in [6.45, 7) is 2.20. The van der Waals surface area contributed by atoms with Gasteiger partial charge in [0.25, 0.3) is 5.91 Å². The van der Waals surface area contributed by atoms with Gasteiger partial charge < -0.3 is 10.1 Å². The number of hydrogen-bond donors (Lipinski definition) is 1. The molecule has 5 heteroatoms. The molecule has 0 atom stereocenters. The van der Waals surface area contributed by atoms with Crippen LogP contribution in [0.3, 0.4) is 0 Å². The van der Waals surface area contributed by atoms with E-state index < -0.39 is 5.82 Å². The highest BCUT2D eigenvalue weighted by Gasteiger charge is 2.11. The predicted molar refractivity (Wildman–Crippen MR) is 84.6 cm³/mol. The number of alkyl halides is 1. The largest absolute Gasteiger partial charge is 0.492 e. The molecule has 0 aliphatic rings. The zero-order chi connectivity index (χ0) is 15.2. The molecule has 0 aliphatic carbocycles. The van der Waals surface area contributed by atoms with Gasteiger partial charge in [-0.1, -0.05) is 28.1 Å². The molecule has 110 valence electrons. The van der Waals surface area contributed by atoms with E-state index in [1.165, 1.54) is 18.2 Å². The Bertz CT molecular complexity index is 629. The molecule has 0 fully saturated rings. The monoisotopic (exact) mass is 351 g/mol. The van der Waals surface area contributed by atoms with E-state index in [2.05, 4.69) is 21.2 Å². The first-order valence-corrected chi connectivity index (χ1v) is 7.64. The fourth-order valence-corrected chi connectivity index (χ4v) is 2.19. The highest BCUT2D eigenvalue weighted by atomic mass is 79.9. The zero-order valence-corrected chi connectivity index (χ0v) is 13.1. The average Bonchev–Trinajstić information content (AvgIpc) is 2.50. The number of amides is 1. The van der Waals surface area contributed by atoms with Crippen molar-refractivity contribution in [2.24, 2.45) is 0 Å². The quantitative estimate of drug-likeness (QED) is 0.812. The van der Waals surface area contributed by atoms with E-state index >= 15 is 0 Å². The number of rotatable bonds is 5. The third-order valence-electron chi connectivity index (χ3n) is 2.86. The third kappa shape index (κ3) is 4.04. The Kier molecular flexibility index (Phi) is 5.33. The molecule has 21 heavy (non-hydrogen) atoms. The Balaban J connectivity index is 2.18. The van der Waals surface area contributed by atoms with Crippen LogP contribution in [0.15, 0.2) is 42.5 Å². The second-order valence-corrected chi connectivity index (χ2v) is 4.92. The lowest BCUT2D eigenvalue weighted by Crippen LogP contribution is -2.13. The molecular weight excluding hydrogens is 337 g/mol. The van der Waals surface area contributed by atoms with Gasteiger partial charge in [-0.25, -0.2) is 4.39 Å². The van der Waals surface area contributed by atoms with E-state index in [0.29, 0.717) is 23.6 Å². The highest BCUT2D eigenvalue weighted by molar-refractivity contribution is 9.08. The van der Waals surface area contributed by atoms with E-state index in [0.717, 1.165) is 10.9 Å². The molecular formula is C16H15BrFNO2. The minimum atomic E-state index is -0.405. The van der Waals surface area contributed by atoms with Crippen molar-refractivity contribution in [3.8, 4) is 5.75 Å². The van der Waals surface area contributed by atoms with Crippen molar-refractivity contribution in [2.75, 3.05) is 11.9 Å². The van der Waals surface area contributed by atoms with Gasteiger partial charge in [0.15, 0.2) is 0 Å². The van der Waals surface area contributed by atoms with Crippen molar-refractivity contribution in [1.29, 1.82) is 0 Å². The molecule has 0 saturated heterocycles. The maximum absolute atomic E-state index is 13.2. The molecule has 2 aromatic rings. The van der Waals surface area contributed by atoms with Crippen LogP contribution in [0.4, 0.5) is 10.1 Å². The molecule has 1 amide bonds. The Hall–Kier alpha value is -1.88. The first-order chi connectivity index (χ1) is 10.1. The first kappa shape index (κ1) is 15.5. The van der Waals surface area contributed by atoms with Crippen LogP contribution < -0.4 is 10.1 Å². The summed E-state index contributed by atoms with van der Waals surface area (Å²) in [5, 5.41) is 3.47. The Morgan fingerprint density at radius 3 is 2.57 bits per heavy atom. The SMILES string of the molecule is CCOc1cc(F)ccc1NC(=O)c1ccc(CBr)cc1. The van der Waals surface area contributed by atoms with Crippen molar-refractivity contribution >= 4 is 27.5 Å². The lowest BCUT2D eigenvalue weighted by atomic mass is 10.1. The van der Waals surface area contributed by atoms with E-state index in [4.69, 9.17) is 4.74 Å². The number of ether oxygens (including phenoxy) is 1. The van der Waals surface area contributed by atoms with Crippen LogP contribution in [0.5, 0.6) is 5.75 Å². The first-order valence-electron chi connectivity index (χ1n) is 6.52. The predicted octanol–water partition coefficient (Wildman–Crippen LogP) is 4.37. The minimum Gasteiger partial charge on any atom is -0.492 e. The molecule has 0 aromatic heterocycles. The summed E-state index contributed by atoms with van der Waals surface area (Å²) in [4.78, 5) is 12.2. The van der Waals surface area contributed by atoms with Crippen LogP contribution in [0, 0.1) is 5.82 Å². The Morgan fingerprint density at radius 2 is 1.95 bits per heavy atom. The van der Waals surface area contributed by atoms with Gasteiger partial charge in [-0.3, -0.25) is 4.79 Å². The summed E-state index contributed by atoms with van der Waals surface area (Å²) in [6, 6.07) is 11.3. The third-order valence-corrected chi connectivity index (χ3v) is 3.51. The van der Waals surface area contributed by atoms with Crippen LogP contribution in [-0.2, 0) is 5.33 Å². The van der Waals surface area contributed by atoms with Crippen molar-refractivity contribution in [3.05, 3.63) is 59.4 Å². The standard InChI is InChI=1S/C16H15BrFNO2/c1-2-21-15-9-13(18)7-8-14(15)19-16(20)12-5-3-11(10-17)4-6-12/h3-9H,2,10H2,1H3,(H,19,20). The Labute approximate surface area is 131 Å². The van der Waals surface area contributed by atoms with Gasteiger partial charge in [0.05, 0.1) is 12.3 Å². The van der Waals surface area contributed by atoms with Crippen LogP contribution in [-0.4, -0.2) is 12.5 Å². The molecule has 0 aliphatic heterocycles. The van der Waals surface area contributed by atoms with Gasteiger partial charge in [-0.05, 0) is 36.8 Å². The van der Waals surface area contributed by atoms with Gasteiger partial charge in [0.2, 0.25) is 0 Å². The molecule has 0 spiro atoms. The molecule has 2 rings (SSSR count). The molecule has 3 nitrogen and oxygen atoms in total. The summed E-state index contributed by atoms with van der Waals surface area (Å²) in [6.07, 6.45) is 0. The Morgan fingerprint density at radius 1 is 1.24 bits per heavy atom. The number of benzene rings is 2. The van der Waals surface area contributed by atoms with Gasteiger partial charge in [-0.15, -0.1) is 0 Å². The van der Waals surface area contributed by atoms with Gasteiger partial charge in [-0.2, -0.15) is 0 Å². The average molecular weight is 352 g/mol. The van der Waals surface area contributed by atoms with E-state index in [1.807, 2.05) is 12.1 Å². The molecule has 2 aromatic carbocycles. The van der Waals surface area contributed by atoms with Gasteiger partial charge in [0.1, 0.15) is 11.6 Å². The van der Waals surface area contributed by atoms with Crippen LogP contribution in [0.2, 0.25) is 0 Å². The number of carbonyl (C=O) groups is 1. The molecule has 0 saturated carbocycles. The number of halogens is 2. The number of anilines is 1. The maximum Gasteiger partial charge on any atom is 0.255 e. The van der Waals surface area contributed by atoms with E-state index in [-0.39, 0.29) is 5.91 Å². The summed E-state index contributed by atoms with van der Waals surface area (Å²) in [5.74, 6) is -0.343. The number of nitrogens with one attached hydrogen (secondary N) is 1. The van der Waals surface area contributed by atoms with Crippen molar-refractivity contribution in [3.63, 3.8) is 0 Å². The van der Waals surface area contributed by atoms with Gasteiger partial charge in [0, 0.05) is 17.0 Å². The van der Waals surface area contributed by atoms with Crippen LogP contribution in [0.1, 0.15) is 22.8 Å². The second-order valence-electron chi connectivity index (χ2n) is 4.36. The molecule has 0 bridgehead atoms. The van der Waals surface area contributed by atoms with Crippen molar-refractivity contribution in [2.45, 2.75) is 12.3 Å². The fraction of sp³-hybridized carbons (Fsp3) is 0.188. The smallest absolute Gasteiger partial charge is 0.255 e. The number of hydrogen-bond acceptors (Lipinski definition) is 2. The summed E-state index contributed by atoms with van der Waals surface area (Å²) in [7, 11) is 0. The topological polar surface area (TPSA) is 38.3 Å². The lowest BCUT2D eigenvalue weighted by Gasteiger charge is -2.11. The molecule has 1 N–H and O–H groups in total. The normalized spacial score (nSPS) is 10.2. The van der Waals surface area contributed by atoms with Crippen LogP contribution in [0.25, 0.3) is 0 Å². The molecule has 0 heterocycles. The minimum absolute atomic E-state index is 0.260. The van der Waals surface area contributed by atoms with Crippen molar-refractivity contribution < 1.29 is 13.9 Å². The zero-order valence-electron chi connectivity index (χ0n) is 11.5. The van der Waals surface area contributed by atoms with Crippen molar-refractivity contribution in [1.82, 2.24) is 0 Å². The molecule has 0 unspecified atom stereocenters.